The number of rotatable bonds is 6. The predicted molar refractivity (Wildman–Crippen MR) is 97.1 cm³/mol. The second kappa shape index (κ2) is 8.33. The van der Waals surface area contributed by atoms with Crippen LogP contribution >= 0.6 is 11.6 Å². The first-order valence-electron chi connectivity index (χ1n) is 8.50. The molecular formula is C18H20ClN3O4. The summed E-state index contributed by atoms with van der Waals surface area (Å²) in [7, 11) is 0. The quantitative estimate of drug-likeness (QED) is 0.615. The van der Waals surface area contributed by atoms with Crippen molar-refractivity contribution in [3.05, 3.63) is 63.1 Å². The topological polar surface area (TPSA) is 88.6 Å². The standard InChI is InChI=1S/C18H20ClN3O4/c19-14-3-4-17(22(24)25)16(10-14)18(23)20-11-13-5-7-21(8-6-13)12-15-2-1-9-26-15/h1-4,9-10,13H,5-8,11-12H2,(H,20,23). The molecule has 1 N–H and O–H groups in total. The maximum absolute atomic E-state index is 12.3. The number of carbonyl (C=O) groups excluding carboxylic acids is 1. The van der Waals surface area contributed by atoms with Crippen LogP contribution in [-0.4, -0.2) is 35.4 Å². The van der Waals surface area contributed by atoms with Crippen molar-refractivity contribution in [2.45, 2.75) is 19.4 Å². The number of piperidine rings is 1. The first-order chi connectivity index (χ1) is 12.5. The highest BCUT2D eigenvalue weighted by molar-refractivity contribution is 6.31. The van der Waals surface area contributed by atoms with E-state index in [1.165, 1.54) is 18.2 Å². The van der Waals surface area contributed by atoms with Gasteiger partial charge in [0.15, 0.2) is 0 Å². The number of furan rings is 1. The van der Waals surface area contributed by atoms with E-state index in [4.69, 9.17) is 16.0 Å². The van der Waals surface area contributed by atoms with Crippen LogP contribution in [0, 0.1) is 16.0 Å². The Hall–Kier alpha value is -2.38. The smallest absolute Gasteiger partial charge is 0.282 e. The molecular weight excluding hydrogens is 358 g/mol. The normalized spacial score (nSPS) is 15.7. The number of hydrogen-bond donors (Lipinski definition) is 1. The first kappa shape index (κ1) is 18.4. The number of nitrogens with one attached hydrogen (secondary N) is 1. The van der Waals surface area contributed by atoms with E-state index in [0.717, 1.165) is 38.2 Å². The van der Waals surface area contributed by atoms with E-state index >= 15 is 0 Å². The molecule has 7 nitrogen and oxygen atoms in total. The van der Waals surface area contributed by atoms with E-state index in [9.17, 15) is 14.9 Å². The molecule has 0 unspecified atom stereocenters. The van der Waals surface area contributed by atoms with Crippen LogP contribution < -0.4 is 5.32 Å². The third-order valence-electron chi connectivity index (χ3n) is 4.62. The van der Waals surface area contributed by atoms with Crippen LogP contribution in [0.5, 0.6) is 0 Å². The maximum Gasteiger partial charge on any atom is 0.282 e. The number of benzene rings is 1. The molecule has 138 valence electrons. The summed E-state index contributed by atoms with van der Waals surface area (Å²) in [5, 5.41) is 14.2. The zero-order chi connectivity index (χ0) is 18.5. The number of nitrogens with zero attached hydrogens (tertiary/aromatic N) is 2. The van der Waals surface area contributed by atoms with Gasteiger partial charge >= 0.3 is 0 Å². The Morgan fingerprint density at radius 1 is 1.35 bits per heavy atom. The lowest BCUT2D eigenvalue weighted by Gasteiger charge is -2.31. The van der Waals surface area contributed by atoms with Gasteiger partial charge in [-0.2, -0.15) is 0 Å². The van der Waals surface area contributed by atoms with Gasteiger partial charge in [0.25, 0.3) is 11.6 Å². The van der Waals surface area contributed by atoms with Crippen LogP contribution in [-0.2, 0) is 6.54 Å². The van der Waals surface area contributed by atoms with Crippen LogP contribution in [0.2, 0.25) is 5.02 Å². The summed E-state index contributed by atoms with van der Waals surface area (Å²) in [5.41, 5.74) is -0.238. The molecule has 2 heterocycles. The molecule has 0 radical (unpaired) electrons. The minimum Gasteiger partial charge on any atom is -0.468 e. The molecule has 1 aromatic heterocycles. The van der Waals surface area contributed by atoms with E-state index in [1.54, 1.807) is 6.26 Å². The zero-order valence-electron chi connectivity index (χ0n) is 14.2. The Bertz CT molecular complexity index is 771. The Kier molecular flexibility index (Phi) is 5.90. The molecule has 0 saturated carbocycles. The Balaban J connectivity index is 1.50. The molecule has 0 spiro atoms. The maximum atomic E-state index is 12.3. The van der Waals surface area contributed by atoms with Crippen molar-refractivity contribution >= 4 is 23.2 Å². The number of likely N-dealkylation sites (tertiary alicyclic amines) is 1. The fourth-order valence-corrected chi connectivity index (χ4v) is 3.33. The Morgan fingerprint density at radius 2 is 2.12 bits per heavy atom. The van der Waals surface area contributed by atoms with Gasteiger partial charge < -0.3 is 9.73 Å². The van der Waals surface area contributed by atoms with Crippen molar-refractivity contribution in [2.24, 2.45) is 5.92 Å². The van der Waals surface area contributed by atoms with E-state index in [-0.39, 0.29) is 11.3 Å². The van der Waals surface area contributed by atoms with E-state index < -0.39 is 10.8 Å². The highest BCUT2D eigenvalue weighted by Crippen LogP contribution is 2.23. The average molecular weight is 378 g/mol. The summed E-state index contributed by atoms with van der Waals surface area (Å²) >= 11 is 5.87. The molecule has 1 saturated heterocycles. The summed E-state index contributed by atoms with van der Waals surface area (Å²) in [5.74, 6) is 0.840. The van der Waals surface area contributed by atoms with Crippen LogP contribution in [0.1, 0.15) is 29.0 Å². The van der Waals surface area contributed by atoms with Gasteiger partial charge in [-0.15, -0.1) is 0 Å². The van der Waals surface area contributed by atoms with Crippen LogP contribution in [0.3, 0.4) is 0 Å². The fraction of sp³-hybridized carbons (Fsp3) is 0.389. The molecule has 1 aliphatic heterocycles. The largest absolute Gasteiger partial charge is 0.468 e. The fourth-order valence-electron chi connectivity index (χ4n) is 3.15. The predicted octanol–water partition coefficient (Wildman–Crippen LogP) is 3.48. The summed E-state index contributed by atoms with van der Waals surface area (Å²) in [4.78, 5) is 25.2. The van der Waals surface area contributed by atoms with Crippen molar-refractivity contribution < 1.29 is 14.1 Å². The molecule has 1 aliphatic rings. The van der Waals surface area contributed by atoms with Gasteiger partial charge in [-0.3, -0.25) is 19.8 Å². The Labute approximate surface area is 156 Å². The van der Waals surface area contributed by atoms with E-state index in [1.807, 2.05) is 12.1 Å². The summed E-state index contributed by atoms with van der Waals surface area (Å²) in [6.45, 7) is 3.15. The van der Waals surface area contributed by atoms with Crippen molar-refractivity contribution in [3.8, 4) is 0 Å². The van der Waals surface area contributed by atoms with Gasteiger partial charge in [0.1, 0.15) is 11.3 Å². The van der Waals surface area contributed by atoms with Crippen LogP contribution in [0.15, 0.2) is 41.0 Å². The van der Waals surface area contributed by atoms with Crippen molar-refractivity contribution in [2.75, 3.05) is 19.6 Å². The molecule has 8 heteroatoms. The van der Waals surface area contributed by atoms with E-state index in [0.29, 0.717) is 17.5 Å². The Morgan fingerprint density at radius 3 is 2.77 bits per heavy atom. The minimum atomic E-state index is -0.571. The van der Waals surface area contributed by atoms with Crippen LogP contribution in [0.25, 0.3) is 0 Å². The third-order valence-corrected chi connectivity index (χ3v) is 4.85. The lowest BCUT2D eigenvalue weighted by atomic mass is 9.96. The number of nitro groups is 1. The summed E-state index contributed by atoms with van der Waals surface area (Å²) < 4.78 is 5.37. The number of carbonyl (C=O) groups is 1. The highest BCUT2D eigenvalue weighted by Gasteiger charge is 2.23. The summed E-state index contributed by atoms with van der Waals surface area (Å²) in [6.07, 6.45) is 3.59. The minimum absolute atomic E-state index is 0.00208. The molecule has 1 aromatic carbocycles. The highest BCUT2D eigenvalue weighted by atomic mass is 35.5. The second-order valence-electron chi connectivity index (χ2n) is 6.43. The molecule has 0 bridgehead atoms. The molecule has 0 aliphatic carbocycles. The number of amides is 1. The van der Waals surface area contributed by atoms with Gasteiger partial charge in [-0.05, 0) is 56.1 Å². The van der Waals surface area contributed by atoms with Gasteiger partial charge in [0, 0.05) is 17.6 Å². The van der Waals surface area contributed by atoms with Gasteiger partial charge in [0.05, 0.1) is 17.7 Å². The molecule has 1 amide bonds. The van der Waals surface area contributed by atoms with Crippen molar-refractivity contribution in [3.63, 3.8) is 0 Å². The first-order valence-corrected chi connectivity index (χ1v) is 8.87. The SMILES string of the molecule is O=C(NCC1CCN(Cc2ccco2)CC1)c1cc(Cl)ccc1[N+](=O)[O-]. The number of halogens is 1. The van der Waals surface area contributed by atoms with Crippen molar-refractivity contribution in [1.82, 2.24) is 10.2 Å². The number of hydrogen-bond acceptors (Lipinski definition) is 5. The van der Waals surface area contributed by atoms with Crippen LogP contribution in [0.4, 0.5) is 5.69 Å². The van der Waals surface area contributed by atoms with Gasteiger partial charge in [-0.1, -0.05) is 11.6 Å². The van der Waals surface area contributed by atoms with E-state index in [2.05, 4.69) is 10.2 Å². The molecule has 0 atom stereocenters. The summed E-state index contributed by atoms with van der Waals surface area (Å²) in [6, 6.07) is 7.84. The molecule has 26 heavy (non-hydrogen) atoms. The monoisotopic (exact) mass is 377 g/mol. The third kappa shape index (κ3) is 4.62. The molecule has 1 fully saturated rings. The second-order valence-corrected chi connectivity index (χ2v) is 6.86. The molecule has 3 rings (SSSR count). The van der Waals surface area contributed by atoms with Gasteiger partial charge in [0.2, 0.25) is 0 Å². The van der Waals surface area contributed by atoms with Gasteiger partial charge in [-0.25, -0.2) is 0 Å². The molecule has 2 aromatic rings. The lowest BCUT2D eigenvalue weighted by Crippen LogP contribution is -2.38. The number of nitro benzene ring substituents is 1. The zero-order valence-corrected chi connectivity index (χ0v) is 14.9. The lowest BCUT2D eigenvalue weighted by molar-refractivity contribution is -0.385. The average Bonchev–Trinajstić information content (AvgIpc) is 3.13. The van der Waals surface area contributed by atoms with Crippen molar-refractivity contribution in [1.29, 1.82) is 0 Å².